The molecule has 0 aromatic heterocycles. The second kappa shape index (κ2) is 11.0. The molecule has 2 aromatic carbocycles. The number of likely N-dealkylation sites (N-methyl/N-ethyl adjacent to an activating group) is 1. The quantitative estimate of drug-likeness (QED) is 0.585. The first-order valence-corrected chi connectivity index (χ1v) is 9.69. The predicted molar refractivity (Wildman–Crippen MR) is 109 cm³/mol. The third kappa shape index (κ3) is 6.81. The number of hydrogen-bond donors (Lipinski definition) is 1. The van der Waals surface area contributed by atoms with Crippen molar-refractivity contribution in [2.45, 2.75) is 51.2 Å². The largest absolute Gasteiger partial charge is 0.489 e. The van der Waals surface area contributed by atoms with Gasteiger partial charge in [0.25, 0.3) is 0 Å². The zero-order valence-corrected chi connectivity index (χ0v) is 16.4. The van der Waals surface area contributed by atoms with Crippen LogP contribution < -0.4 is 4.74 Å². The molecule has 2 rings (SSSR count). The Labute approximate surface area is 158 Å². The van der Waals surface area contributed by atoms with Crippen LogP contribution in [0.4, 0.5) is 0 Å². The molecule has 26 heavy (non-hydrogen) atoms. The zero-order chi connectivity index (χ0) is 18.8. The van der Waals surface area contributed by atoms with Gasteiger partial charge < -0.3 is 14.7 Å². The molecule has 0 saturated carbocycles. The molecular formula is C23H33NO2. The van der Waals surface area contributed by atoms with E-state index in [0.717, 1.165) is 30.7 Å². The Balaban J connectivity index is 1.99. The van der Waals surface area contributed by atoms with E-state index in [1.165, 1.54) is 18.4 Å². The van der Waals surface area contributed by atoms with Crippen LogP contribution in [0.15, 0.2) is 54.6 Å². The summed E-state index contributed by atoms with van der Waals surface area (Å²) < 4.78 is 5.87. The monoisotopic (exact) mass is 355 g/mol. The minimum absolute atomic E-state index is 0.130. The van der Waals surface area contributed by atoms with Crippen molar-refractivity contribution in [2.24, 2.45) is 0 Å². The summed E-state index contributed by atoms with van der Waals surface area (Å²) in [4.78, 5) is 2.15. The fourth-order valence-corrected chi connectivity index (χ4v) is 3.20. The van der Waals surface area contributed by atoms with Crippen molar-refractivity contribution in [2.75, 3.05) is 20.6 Å². The molecule has 142 valence electrons. The third-order valence-electron chi connectivity index (χ3n) is 4.69. The lowest BCUT2D eigenvalue weighted by Crippen LogP contribution is -2.29. The molecule has 0 heterocycles. The summed E-state index contributed by atoms with van der Waals surface area (Å²) in [5.74, 6) is 0.992. The molecule has 0 amide bonds. The van der Waals surface area contributed by atoms with Crippen molar-refractivity contribution in [3.63, 3.8) is 0 Å². The van der Waals surface area contributed by atoms with Crippen LogP contribution in [-0.2, 0) is 6.61 Å². The van der Waals surface area contributed by atoms with Crippen LogP contribution in [0, 0.1) is 0 Å². The van der Waals surface area contributed by atoms with Crippen LogP contribution in [-0.4, -0.2) is 36.8 Å². The Morgan fingerprint density at radius 1 is 0.962 bits per heavy atom. The van der Waals surface area contributed by atoms with Crippen molar-refractivity contribution < 1.29 is 9.84 Å². The number of nitrogens with zero attached hydrogens (tertiary/aromatic N) is 1. The summed E-state index contributed by atoms with van der Waals surface area (Å²) in [5.41, 5.74) is 2.34. The SMILES string of the molecule is CCCCCC(O)C(CN(C)C)c1ccc(OCc2ccccc2)cc1. The third-order valence-corrected chi connectivity index (χ3v) is 4.69. The minimum Gasteiger partial charge on any atom is -0.489 e. The summed E-state index contributed by atoms with van der Waals surface area (Å²) >= 11 is 0. The number of rotatable bonds is 11. The maximum absolute atomic E-state index is 10.7. The topological polar surface area (TPSA) is 32.7 Å². The summed E-state index contributed by atoms with van der Waals surface area (Å²) in [7, 11) is 4.12. The van der Waals surface area contributed by atoms with Crippen molar-refractivity contribution in [1.29, 1.82) is 0 Å². The highest BCUT2D eigenvalue weighted by Crippen LogP contribution is 2.26. The van der Waals surface area contributed by atoms with Gasteiger partial charge in [0.15, 0.2) is 0 Å². The van der Waals surface area contributed by atoms with E-state index in [1.54, 1.807) is 0 Å². The second-order valence-corrected chi connectivity index (χ2v) is 7.28. The number of aliphatic hydroxyl groups excluding tert-OH is 1. The van der Waals surface area contributed by atoms with Crippen LogP contribution in [0.2, 0.25) is 0 Å². The highest BCUT2D eigenvalue weighted by molar-refractivity contribution is 5.30. The molecule has 0 aliphatic heterocycles. The van der Waals surface area contributed by atoms with Crippen molar-refractivity contribution in [3.05, 3.63) is 65.7 Å². The van der Waals surface area contributed by atoms with Gasteiger partial charge in [-0.2, -0.15) is 0 Å². The van der Waals surface area contributed by atoms with Crippen LogP contribution in [0.1, 0.15) is 49.7 Å². The van der Waals surface area contributed by atoms with E-state index in [1.807, 2.05) is 30.3 Å². The Morgan fingerprint density at radius 2 is 1.65 bits per heavy atom. The summed E-state index contributed by atoms with van der Waals surface area (Å²) in [6, 6.07) is 18.4. The van der Waals surface area contributed by atoms with Crippen molar-refractivity contribution >= 4 is 0 Å². The van der Waals surface area contributed by atoms with E-state index in [9.17, 15) is 5.11 Å². The first kappa shape index (κ1) is 20.5. The lowest BCUT2D eigenvalue weighted by molar-refractivity contribution is 0.116. The number of unbranched alkanes of at least 4 members (excludes halogenated alkanes) is 2. The zero-order valence-electron chi connectivity index (χ0n) is 16.4. The molecule has 0 aliphatic rings. The second-order valence-electron chi connectivity index (χ2n) is 7.28. The Bertz CT molecular complexity index is 610. The Morgan fingerprint density at radius 3 is 2.27 bits per heavy atom. The van der Waals surface area contributed by atoms with Crippen molar-refractivity contribution in [3.8, 4) is 5.75 Å². The van der Waals surface area contributed by atoms with Gasteiger partial charge in [-0.15, -0.1) is 0 Å². The normalized spacial score (nSPS) is 13.6. The average molecular weight is 356 g/mol. The molecule has 0 spiro atoms. The fourth-order valence-electron chi connectivity index (χ4n) is 3.20. The fraction of sp³-hybridized carbons (Fsp3) is 0.478. The van der Waals surface area contributed by atoms with Gasteiger partial charge in [-0.1, -0.05) is 68.7 Å². The maximum Gasteiger partial charge on any atom is 0.119 e. The van der Waals surface area contributed by atoms with Crippen LogP contribution in [0.25, 0.3) is 0 Å². The molecule has 2 unspecified atom stereocenters. The summed E-state index contributed by atoms with van der Waals surface area (Å²) in [6.45, 7) is 3.61. The molecule has 2 atom stereocenters. The van der Waals surface area contributed by atoms with Gasteiger partial charge in [-0.25, -0.2) is 0 Å². The summed E-state index contributed by atoms with van der Waals surface area (Å²) in [5, 5.41) is 10.7. The predicted octanol–water partition coefficient (Wildman–Crippen LogP) is 4.85. The maximum atomic E-state index is 10.7. The van der Waals surface area contributed by atoms with Crippen LogP contribution in [0.3, 0.4) is 0 Å². The summed E-state index contributed by atoms with van der Waals surface area (Å²) in [6.07, 6.45) is 4.00. The standard InChI is InChI=1S/C23H33NO2/c1-4-5-7-12-23(25)22(17-24(2)3)20-13-15-21(16-14-20)26-18-19-10-8-6-9-11-19/h6,8-11,13-16,22-23,25H,4-5,7,12,17-18H2,1-3H3. The van der Waals surface area contributed by atoms with Gasteiger partial charge in [0.05, 0.1) is 6.10 Å². The number of aliphatic hydroxyl groups is 1. The van der Waals surface area contributed by atoms with Gasteiger partial charge in [0.1, 0.15) is 12.4 Å². The van der Waals surface area contributed by atoms with Gasteiger partial charge in [0, 0.05) is 12.5 Å². The molecule has 0 saturated heterocycles. The van der Waals surface area contributed by atoms with E-state index in [4.69, 9.17) is 4.74 Å². The molecular weight excluding hydrogens is 322 g/mol. The van der Waals surface area contributed by atoms with Gasteiger partial charge in [-0.05, 0) is 43.8 Å². The smallest absolute Gasteiger partial charge is 0.119 e. The molecule has 0 aliphatic carbocycles. The van der Waals surface area contributed by atoms with E-state index in [-0.39, 0.29) is 12.0 Å². The number of ether oxygens (including phenoxy) is 1. The lowest BCUT2D eigenvalue weighted by Gasteiger charge is -2.26. The molecule has 0 bridgehead atoms. The van der Waals surface area contributed by atoms with E-state index in [0.29, 0.717) is 6.61 Å². The minimum atomic E-state index is -0.306. The molecule has 1 N–H and O–H groups in total. The Hall–Kier alpha value is -1.84. The first-order valence-electron chi connectivity index (χ1n) is 9.69. The highest BCUT2D eigenvalue weighted by atomic mass is 16.5. The number of benzene rings is 2. The number of hydrogen-bond acceptors (Lipinski definition) is 3. The molecule has 3 nitrogen and oxygen atoms in total. The van der Waals surface area contributed by atoms with E-state index < -0.39 is 0 Å². The van der Waals surface area contributed by atoms with Gasteiger partial charge >= 0.3 is 0 Å². The van der Waals surface area contributed by atoms with Gasteiger partial charge in [-0.3, -0.25) is 0 Å². The first-order chi connectivity index (χ1) is 12.6. The van der Waals surface area contributed by atoms with Crippen molar-refractivity contribution in [1.82, 2.24) is 4.90 Å². The average Bonchev–Trinajstić information content (AvgIpc) is 2.66. The van der Waals surface area contributed by atoms with Crippen LogP contribution in [0.5, 0.6) is 5.75 Å². The van der Waals surface area contributed by atoms with Crippen LogP contribution >= 0.6 is 0 Å². The van der Waals surface area contributed by atoms with Gasteiger partial charge in [0.2, 0.25) is 0 Å². The molecule has 0 fully saturated rings. The molecule has 0 radical (unpaired) electrons. The molecule has 2 aromatic rings. The lowest BCUT2D eigenvalue weighted by atomic mass is 9.90. The van der Waals surface area contributed by atoms with E-state index in [2.05, 4.69) is 50.2 Å². The highest BCUT2D eigenvalue weighted by Gasteiger charge is 2.21. The Kier molecular flexibility index (Phi) is 8.66. The van der Waals surface area contributed by atoms with E-state index >= 15 is 0 Å². The molecule has 3 heteroatoms.